The van der Waals surface area contributed by atoms with Crippen molar-refractivity contribution in [3.63, 3.8) is 0 Å². The van der Waals surface area contributed by atoms with Crippen LogP contribution in [0.4, 0.5) is 34.6 Å². The normalized spacial score (nSPS) is 11.9. The maximum Gasteiger partial charge on any atom is 1.00 e. The summed E-state index contributed by atoms with van der Waals surface area (Å²) in [4.78, 5) is 7.34. The van der Waals surface area contributed by atoms with E-state index in [2.05, 4.69) is 45.2 Å². The Labute approximate surface area is 497 Å². The van der Waals surface area contributed by atoms with Gasteiger partial charge in [0.2, 0.25) is 11.9 Å². The van der Waals surface area contributed by atoms with E-state index in [9.17, 15) is 70.7 Å². The van der Waals surface area contributed by atoms with E-state index in [-0.39, 0.29) is 188 Å². The molecule has 26 nitrogen and oxygen atoms in total. The molecule has 5 aromatic rings. The molecule has 0 spiro atoms. The maximum absolute atomic E-state index is 13.0. The average Bonchev–Trinajstić information content (AvgIpc) is 3.13. The number of azo groups is 1. The number of aromatic hydroxyl groups is 1. The molecule has 0 saturated carbocycles. The second kappa shape index (κ2) is 26.8. The molecule has 0 bridgehead atoms. The predicted molar refractivity (Wildman–Crippen MR) is 203 cm³/mol. The van der Waals surface area contributed by atoms with Gasteiger partial charge in [0.25, 0.3) is 0 Å². The first-order valence-corrected chi connectivity index (χ1v) is 24.1. The van der Waals surface area contributed by atoms with E-state index in [0.717, 1.165) is 0 Å². The largest absolute Gasteiger partial charge is 1.00 e. The van der Waals surface area contributed by atoms with Gasteiger partial charge in [-0.05, 0) is 85.8 Å². The summed E-state index contributed by atoms with van der Waals surface area (Å²) in [6, 6.07) is 5.85. The number of nitrogens with zero attached hydrogens (tertiary/aromatic N) is 5. The van der Waals surface area contributed by atoms with Gasteiger partial charge in [0, 0.05) is 5.39 Å². The van der Waals surface area contributed by atoms with Crippen LogP contribution in [0, 0.1) is 20.8 Å². The van der Waals surface area contributed by atoms with Gasteiger partial charge in [0.1, 0.15) is 52.0 Å². The molecule has 0 unspecified atom stereocenters. The standard InChI is InChI=1S/C30H29N7O19S6.5Na/c1-14-9-24(58(40,41)7-6-54-57-56-55-39)15(2)8-20(14)36-37-27-25(62(51,52)53)11-17-10-19(60(45,46)47)13-22(26(17)28(27)38)34-30-32-16(3)31-29(35-30)33-21-12-18(59(42,43)44)4-5-23(21)61(48,49)50;;;;;/h4-5,8-13,38-39H,6-7H2,1-3H3,(H,42,43,44)(H,45,46,47)(H,48,49,50)(H,51,52,53)(H2,31,32,33,34,35);;;;;/q;5*+1/p-5. The van der Waals surface area contributed by atoms with Crippen LogP contribution in [0.25, 0.3) is 10.8 Å². The molecule has 0 amide bonds. The molecule has 0 atom stereocenters. The van der Waals surface area contributed by atoms with Crippen LogP contribution in [0.2, 0.25) is 0 Å². The van der Waals surface area contributed by atoms with E-state index in [4.69, 9.17) is 4.18 Å². The number of rotatable bonds is 17. The fourth-order valence-corrected chi connectivity index (χ4v) is 9.48. The molecule has 0 saturated heterocycles. The Balaban J connectivity index is 0.00000871. The Morgan fingerprint density at radius 1 is 0.642 bits per heavy atom. The monoisotopic (exact) mass is 1090 g/mol. The van der Waals surface area contributed by atoms with Crippen molar-refractivity contribution in [1.82, 2.24) is 15.0 Å². The number of hydrogen-bond acceptors (Lipinski definition) is 27. The third kappa shape index (κ3) is 17.5. The van der Waals surface area contributed by atoms with Crippen LogP contribution in [0.1, 0.15) is 17.0 Å². The van der Waals surface area contributed by atoms with Crippen LogP contribution < -0.4 is 164 Å². The summed E-state index contributed by atoms with van der Waals surface area (Å²) in [5, 5.41) is 35.9. The van der Waals surface area contributed by atoms with E-state index in [1.165, 1.54) is 32.9 Å². The van der Waals surface area contributed by atoms with Crippen LogP contribution in [0.15, 0.2) is 83.2 Å². The Morgan fingerprint density at radius 3 is 1.73 bits per heavy atom. The second-order valence-corrected chi connectivity index (χ2v) is 20.4. The average molecular weight is 1090 g/mol. The molecule has 0 aliphatic carbocycles. The molecular weight excluding hydrogens is 1070 g/mol. The molecule has 37 heteroatoms. The van der Waals surface area contributed by atoms with Crippen molar-refractivity contribution in [2.24, 2.45) is 10.2 Å². The summed E-state index contributed by atoms with van der Waals surface area (Å²) < 4.78 is 179. The summed E-state index contributed by atoms with van der Waals surface area (Å²) in [6.07, 6.45) is 0. The van der Waals surface area contributed by atoms with Gasteiger partial charge in [-0.2, -0.15) is 20.1 Å². The van der Waals surface area contributed by atoms with Crippen molar-refractivity contribution in [3.8, 4) is 5.75 Å². The van der Waals surface area contributed by atoms with Crippen LogP contribution in [0.3, 0.4) is 0 Å². The number of phenols is 1. The zero-order chi connectivity index (χ0) is 46.2. The predicted octanol–water partition coefficient (Wildman–Crippen LogP) is -13.2. The first kappa shape index (κ1) is 66.9. The molecule has 0 fully saturated rings. The number of hydrogen-bond donors (Lipinski definition) is 3. The fourth-order valence-electron chi connectivity index (χ4n) is 5.44. The van der Waals surface area contributed by atoms with E-state index in [1.807, 2.05) is 0 Å². The van der Waals surface area contributed by atoms with E-state index in [0.29, 0.717) is 36.4 Å². The number of sulfone groups is 1. The van der Waals surface area contributed by atoms with Gasteiger partial charge in [0.15, 0.2) is 27.9 Å². The van der Waals surface area contributed by atoms with Crippen molar-refractivity contribution in [2.75, 3.05) is 23.0 Å². The molecule has 1 heterocycles. The van der Waals surface area contributed by atoms with Crippen LogP contribution in [-0.2, 0) is 63.9 Å². The number of aryl methyl sites for hydroxylation is 3. The van der Waals surface area contributed by atoms with Gasteiger partial charge in [-0.25, -0.2) is 42.1 Å². The number of phenolic OH excluding ortho intramolecular Hbond substituents is 1. The van der Waals surface area contributed by atoms with Gasteiger partial charge >= 0.3 is 148 Å². The third-order valence-electron chi connectivity index (χ3n) is 8.06. The zero-order valence-electron chi connectivity index (χ0n) is 36.0. The molecule has 1 aromatic heterocycles. The van der Waals surface area contributed by atoms with Crippen molar-refractivity contribution in [2.45, 2.75) is 45.2 Å². The first-order valence-electron chi connectivity index (χ1n) is 16.2. The summed E-state index contributed by atoms with van der Waals surface area (Å²) in [5.41, 5.74) is -2.23. The third-order valence-corrected chi connectivity index (χ3v) is 13.6. The van der Waals surface area contributed by atoms with Gasteiger partial charge in [0.05, 0.1) is 53.9 Å². The minimum Gasteiger partial charge on any atom is -0.744 e. The van der Waals surface area contributed by atoms with Gasteiger partial charge in [-0.3, -0.25) is 9.22 Å². The Kier molecular flexibility index (Phi) is 26.7. The Bertz CT molecular complexity index is 3250. The zero-order valence-corrected chi connectivity index (χ0v) is 50.9. The summed E-state index contributed by atoms with van der Waals surface area (Å²) in [7, 11) is -25.5. The number of fused-ring (bicyclic) bond motifs is 1. The quantitative estimate of drug-likeness (QED) is 0.0148. The Hall–Kier alpha value is -0.0700. The second-order valence-electron chi connectivity index (χ2n) is 12.3. The van der Waals surface area contributed by atoms with Crippen molar-refractivity contribution in [3.05, 3.63) is 65.5 Å². The Morgan fingerprint density at radius 2 is 1.19 bits per heavy atom. The van der Waals surface area contributed by atoms with E-state index >= 15 is 0 Å². The number of anilines is 4. The van der Waals surface area contributed by atoms with E-state index in [1.54, 1.807) is 0 Å². The topological polar surface area (TPSA) is 421 Å². The van der Waals surface area contributed by atoms with Gasteiger partial charge in [-0.15, -0.1) is 9.45 Å². The maximum atomic E-state index is 13.0. The molecule has 334 valence electrons. The fraction of sp³-hybridized carbons (Fsp3) is 0.167. The van der Waals surface area contributed by atoms with Crippen molar-refractivity contribution < 1.29 is 232 Å². The summed E-state index contributed by atoms with van der Waals surface area (Å²) >= 11 is 0.0968. The van der Waals surface area contributed by atoms with Gasteiger partial charge in [-0.1, -0.05) is 0 Å². The van der Waals surface area contributed by atoms with Crippen molar-refractivity contribution >= 4 is 108 Å². The smallest absolute Gasteiger partial charge is 0.744 e. The minimum absolute atomic E-state index is 0. The molecule has 4 aromatic carbocycles. The van der Waals surface area contributed by atoms with E-state index < -0.39 is 128 Å². The molecule has 0 aliphatic rings. The number of nitrogens with one attached hydrogen (secondary N) is 2. The SMILES string of the molecule is Cc1nc(Nc2cc(S(=O)(=O)[O-])ccc2S(=O)(=O)[O-])nc(Nc2cc(S(=O)(=O)[O-])cc3cc(S(=O)(=O)[O-])c(N=Nc4cc(C)c(S(=O)(=O)CCOSOO[O-])cc4C)c(O)c23)n1.[Na+].[Na+].[Na+].[Na+].[Na+]. The first-order chi connectivity index (χ1) is 28.6. The molecule has 5 rings (SSSR count). The molecule has 3 N–H and O–H groups in total. The van der Waals surface area contributed by atoms with Crippen LogP contribution in [-0.4, -0.2) is 92.7 Å². The summed E-state index contributed by atoms with van der Waals surface area (Å²) in [6.45, 7) is 3.57. The molecule has 0 radical (unpaired) electrons. The molecule has 67 heavy (non-hydrogen) atoms. The van der Waals surface area contributed by atoms with Crippen LogP contribution in [0.5, 0.6) is 5.75 Å². The molecule has 0 aliphatic heterocycles. The van der Waals surface area contributed by atoms with Crippen LogP contribution >= 0.6 is 12.3 Å². The number of benzene rings is 4. The minimum atomic E-state index is -5.60. The van der Waals surface area contributed by atoms with Gasteiger partial charge < -0.3 is 39.2 Å². The number of aromatic nitrogens is 3. The molecular formula is C30H24N7Na5O19S6. The van der Waals surface area contributed by atoms with Crippen molar-refractivity contribution in [1.29, 1.82) is 0 Å². The summed E-state index contributed by atoms with van der Waals surface area (Å²) in [5.74, 6) is -3.17.